The van der Waals surface area contributed by atoms with Gasteiger partial charge in [0.25, 0.3) is 0 Å². The number of rotatable bonds is 6. The number of terminal acetylenes is 1. The van der Waals surface area contributed by atoms with E-state index < -0.39 is 9.84 Å². The van der Waals surface area contributed by atoms with Crippen molar-refractivity contribution in [3.8, 4) is 12.3 Å². The van der Waals surface area contributed by atoms with Gasteiger partial charge in [-0.15, -0.1) is 6.42 Å². The normalized spacial score (nSPS) is 24.9. The number of nitrogens with one attached hydrogen (secondary N) is 1. The molecule has 0 spiro atoms. The molecule has 1 saturated carbocycles. The maximum absolute atomic E-state index is 12.1. The molecule has 19 heavy (non-hydrogen) atoms. The molecule has 6 heteroatoms. The van der Waals surface area contributed by atoms with Crippen LogP contribution in [0, 0.1) is 18.3 Å². The van der Waals surface area contributed by atoms with Crippen LogP contribution in [0.3, 0.4) is 0 Å². The van der Waals surface area contributed by atoms with Crippen LogP contribution in [0.1, 0.15) is 19.3 Å². The minimum atomic E-state index is -3.00. The molecule has 1 N–H and O–H groups in total. The second-order valence-corrected chi connectivity index (χ2v) is 7.59. The maximum Gasteiger partial charge on any atom is 0.237 e. The first-order chi connectivity index (χ1) is 9.02. The van der Waals surface area contributed by atoms with E-state index in [0.717, 1.165) is 6.54 Å². The van der Waals surface area contributed by atoms with Gasteiger partial charge < -0.3 is 10.2 Å². The Kier molecular flexibility index (Phi) is 4.48. The molecule has 0 radical (unpaired) electrons. The van der Waals surface area contributed by atoms with Crippen molar-refractivity contribution < 1.29 is 13.2 Å². The van der Waals surface area contributed by atoms with E-state index in [-0.39, 0.29) is 36.5 Å². The Morgan fingerprint density at radius 1 is 1.37 bits per heavy atom. The smallest absolute Gasteiger partial charge is 0.237 e. The Morgan fingerprint density at radius 3 is 2.63 bits per heavy atom. The Morgan fingerprint density at radius 2 is 2.11 bits per heavy atom. The summed E-state index contributed by atoms with van der Waals surface area (Å²) >= 11 is 0. The van der Waals surface area contributed by atoms with E-state index in [9.17, 15) is 13.2 Å². The highest BCUT2D eigenvalue weighted by atomic mass is 32.2. The first-order valence-electron chi connectivity index (χ1n) is 6.66. The van der Waals surface area contributed by atoms with E-state index in [4.69, 9.17) is 6.42 Å². The van der Waals surface area contributed by atoms with Crippen molar-refractivity contribution in [2.24, 2.45) is 5.92 Å². The molecule has 1 atom stereocenters. The summed E-state index contributed by atoms with van der Waals surface area (Å²) in [5.41, 5.74) is 0. The second-order valence-electron chi connectivity index (χ2n) is 5.36. The standard InChI is InChI=1S/C13H20N2O3S/c1-2-6-15(12-5-7-19(17,18)10-12)13(16)9-14-8-11-3-4-11/h1,11-12,14H,3-10H2. The molecule has 0 aromatic rings. The van der Waals surface area contributed by atoms with Gasteiger partial charge in [0.2, 0.25) is 5.91 Å². The summed E-state index contributed by atoms with van der Waals surface area (Å²) in [6.07, 6.45) is 8.24. The molecule has 1 heterocycles. The molecule has 1 aliphatic heterocycles. The zero-order valence-electron chi connectivity index (χ0n) is 11.0. The van der Waals surface area contributed by atoms with Crippen molar-refractivity contribution in [3.63, 3.8) is 0 Å². The second kappa shape index (κ2) is 5.93. The number of hydrogen-bond donors (Lipinski definition) is 1. The van der Waals surface area contributed by atoms with E-state index in [1.54, 1.807) is 0 Å². The molecule has 1 aliphatic carbocycles. The number of sulfone groups is 1. The summed E-state index contributed by atoms with van der Waals surface area (Å²) in [6.45, 7) is 1.29. The predicted molar refractivity (Wildman–Crippen MR) is 73.2 cm³/mol. The molecule has 2 fully saturated rings. The monoisotopic (exact) mass is 284 g/mol. The minimum absolute atomic E-state index is 0.0447. The maximum atomic E-state index is 12.1. The highest BCUT2D eigenvalue weighted by molar-refractivity contribution is 7.91. The third-order valence-corrected chi connectivity index (χ3v) is 5.39. The predicted octanol–water partition coefficient (Wildman–Crippen LogP) is -0.365. The summed E-state index contributed by atoms with van der Waals surface area (Å²) in [6, 6.07) is -0.253. The largest absolute Gasteiger partial charge is 0.326 e. The van der Waals surface area contributed by atoms with Gasteiger partial charge in [-0.05, 0) is 31.7 Å². The highest BCUT2D eigenvalue weighted by Crippen LogP contribution is 2.27. The van der Waals surface area contributed by atoms with Crippen molar-refractivity contribution in [2.75, 3.05) is 31.1 Å². The van der Waals surface area contributed by atoms with Gasteiger partial charge in [0, 0.05) is 6.04 Å². The van der Waals surface area contributed by atoms with E-state index in [1.165, 1.54) is 17.7 Å². The van der Waals surface area contributed by atoms with Crippen LogP contribution in [0.15, 0.2) is 0 Å². The Balaban J connectivity index is 1.87. The van der Waals surface area contributed by atoms with Gasteiger partial charge in [0.05, 0.1) is 24.6 Å². The fraction of sp³-hybridized carbons (Fsp3) is 0.769. The molecule has 1 saturated heterocycles. The van der Waals surface area contributed by atoms with E-state index in [0.29, 0.717) is 12.3 Å². The average molecular weight is 284 g/mol. The Hall–Kier alpha value is -1.06. The molecule has 0 aromatic heterocycles. The lowest BCUT2D eigenvalue weighted by Gasteiger charge is -2.26. The van der Waals surface area contributed by atoms with Crippen molar-refractivity contribution in [3.05, 3.63) is 0 Å². The first-order valence-corrected chi connectivity index (χ1v) is 8.48. The molecule has 0 bridgehead atoms. The van der Waals surface area contributed by atoms with Gasteiger partial charge in [0.15, 0.2) is 9.84 Å². The third-order valence-electron chi connectivity index (χ3n) is 3.64. The summed E-state index contributed by atoms with van der Waals surface area (Å²) in [5, 5.41) is 3.12. The molecule has 1 unspecified atom stereocenters. The summed E-state index contributed by atoms with van der Waals surface area (Å²) in [5.74, 6) is 3.26. The zero-order chi connectivity index (χ0) is 13.9. The van der Waals surface area contributed by atoms with Crippen LogP contribution in [0.25, 0.3) is 0 Å². The fourth-order valence-electron chi connectivity index (χ4n) is 2.35. The number of carbonyl (C=O) groups is 1. The lowest BCUT2D eigenvalue weighted by Crippen LogP contribution is -2.45. The van der Waals surface area contributed by atoms with Crippen LogP contribution in [0.4, 0.5) is 0 Å². The molecular formula is C13H20N2O3S. The quantitative estimate of drug-likeness (QED) is 0.676. The first kappa shape index (κ1) is 14.4. The molecule has 2 rings (SSSR count). The van der Waals surface area contributed by atoms with Gasteiger partial charge in [-0.25, -0.2) is 8.42 Å². The van der Waals surface area contributed by atoms with E-state index in [1.807, 2.05) is 0 Å². The average Bonchev–Trinajstić information content (AvgIpc) is 3.09. The molecule has 2 aliphatic rings. The van der Waals surface area contributed by atoms with Crippen LogP contribution >= 0.6 is 0 Å². The summed E-state index contributed by atoms with van der Waals surface area (Å²) < 4.78 is 23.0. The van der Waals surface area contributed by atoms with Crippen LogP contribution in [-0.2, 0) is 14.6 Å². The van der Waals surface area contributed by atoms with Crippen LogP contribution in [-0.4, -0.2) is 56.4 Å². The van der Waals surface area contributed by atoms with Crippen molar-refractivity contribution in [2.45, 2.75) is 25.3 Å². The molecule has 0 aromatic carbocycles. The fourth-order valence-corrected chi connectivity index (χ4v) is 4.08. The van der Waals surface area contributed by atoms with Gasteiger partial charge >= 0.3 is 0 Å². The van der Waals surface area contributed by atoms with E-state index >= 15 is 0 Å². The lowest BCUT2D eigenvalue weighted by molar-refractivity contribution is -0.131. The number of nitrogens with zero attached hydrogens (tertiary/aromatic N) is 1. The summed E-state index contributed by atoms with van der Waals surface area (Å²) in [4.78, 5) is 13.6. The zero-order valence-corrected chi connectivity index (χ0v) is 11.8. The Labute approximate surface area is 114 Å². The van der Waals surface area contributed by atoms with Crippen LogP contribution < -0.4 is 5.32 Å². The van der Waals surface area contributed by atoms with Gasteiger partial charge in [0.1, 0.15) is 0 Å². The number of hydrogen-bond acceptors (Lipinski definition) is 4. The van der Waals surface area contributed by atoms with Crippen LogP contribution in [0.2, 0.25) is 0 Å². The van der Waals surface area contributed by atoms with Crippen molar-refractivity contribution in [1.82, 2.24) is 10.2 Å². The van der Waals surface area contributed by atoms with Crippen molar-refractivity contribution >= 4 is 15.7 Å². The molecule has 5 nitrogen and oxygen atoms in total. The molecular weight excluding hydrogens is 264 g/mol. The van der Waals surface area contributed by atoms with E-state index in [2.05, 4.69) is 11.2 Å². The van der Waals surface area contributed by atoms with Gasteiger partial charge in [-0.1, -0.05) is 5.92 Å². The Bertz CT molecular complexity index is 477. The van der Waals surface area contributed by atoms with Crippen LogP contribution in [0.5, 0.6) is 0 Å². The van der Waals surface area contributed by atoms with Crippen molar-refractivity contribution in [1.29, 1.82) is 0 Å². The number of amides is 1. The summed E-state index contributed by atoms with van der Waals surface area (Å²) in [7, 11) is -3.00. The third kappa shape index (κ3) is 4.22. The SMILES string of the molecule is C#CCN(C(=O)CNCC1CC1)C1CCS(=O)(=O)C1. The lowest BCUT2D eigenvalue weighted by atomic mass is 10.2. The molecule has 106 valence electrons. The minimum Gasteiger partial charge on any atom is -0.326 e. The number of carbonyl (C=O) groups excluding carboxylic acids is 1. The molecule has 1 amide bonds. The van der Waals surface area contributed by atoms with Gasteiger partial charge in [-0.2, -0.15) is 0 Å². The van der Waals surface area contributed by atoms with Gasteiger partial charge in [-0.3, -0.25) is 4.79 Å². The topological polar surface area (TPSA) is 66.5 Å². The highest BCUT2D eigenvalue weighted by Gasteiger charge is 2.34.